The SMILES string of the molecule is [B]P(=O)([O-])OCCCCCCCCCCCC. The van der Waals surface area contributed by atoms with Gasteiger partial charge in [0.05, 0.1) is 14.1 Å². The first-order chi connectivity index (χ1) is 8.06. The Kier molecular flexibility index (Phi) is 11.5. The van der Waals surface area contributed by atoms with Gasteiger partial charge in [-0.3, -0.25) is 0 Å². The van der Waals surface area contributed by atoms with Crippen LogP contribution in [0.15, 0.2) is 0 Å². The summed E-state index contributed by atoms with van der Waals surface area (Å²) in [6.07, 6.45) is 12.2. The predicted molar refractivity (Wildman–Crippen MR) is 71.2 cm³/mol. The second-order valence-corrected chi connectivity index (χ2v) is 5.89. The summed E-state index contributed by atoms with van der Waals surface area (Å²) in [5.41, 5.74) is 0. The number of rotatable bonds is 12. The van der Waals surface area contributed by atoms with Crippen molar-refractivity contribution in [3.63, 3.8) is 0 Å². The average molecular weight is 259 g/mol. The third-order valence-corrected chi connectivity index (χ3v) is 3.31. The molecule has 1 atom stereocenters. The Balaban J connectivity index is 3.01. The van der Waals surface area contributed by atoms with Gasteiger partial charge in [-0.2, -0.15) is 0 Å². The van der Waals surface area contributed by atoms with Gasteiger partial charge in [0.25, 0.3) is 0 Å². The van der Waals surface area contributed by atoms with Crippen molar-refractivity contribution in [1.82, 2.24) is 0 Å². The largest absolute Gasteiger partial charge is 0.787 e. The minimum atomic E-state index is -3.99. The molecular formula is C12H25BO3P-. The lowest BCUT2D eigenvalue weighted by molar-refractivity contribution is -0.190. The summed E-state index contributed by atoms with van der Waals surface area (Å²) < 4.78 is 15.0. The molecular weight excluding hydrogens is 234 g/mol. The topological polar surface area (TPSA) is 49.4 Å². The van der Waals surface area contributed by atoms with Gasteiger partial charge in [0.15, 0.2) is 7.57 Å². The van der Waals surface area contributed by atoms with Crippen molar-refractivity contribution in [3.8, 4) is 0 Å². The molecule has 0 bridgehead atoms. The molecule has 0 aromatic carbocycles. The van der Waals surface area contributed by atoms with E-state index in [4.69, 9.17) is 7.57 Å². The fraction of sp³-hybridized carbons (Fsp3) is 1.00. The van der Waals surface area contributed by atoms with E-state index >= 15 is 0 Å². The molecule has 0 N–H and O–H groups in total. The Bertz CT molecular complexity index is 206. The van der Waals surface area contributed by atoms with Crippen LogP contribution in [0.5, 0.6) is 0 Å². The lowest BCUT2D eigenvalue weighted by Gasteiger charge is -2.18. The normalized spacial score (nSPS) is 14.7. The number of hydrogen-bond donors (Lipinski definition) is 0. The van der Waals surface area contributed by atoms with E-state index in [2.05, 4.69) is 11.4 Å². The molecule has 0 heterocycles. The maximum Gasteiger partial charge on any atom is 0.181 e. The molecule has 0 aliphatic rings. The highest BCUT2D eigenvalue weighted by atomic mass is 31.2. The molecule has 0 rings (SSSR count). The maximum absolute atomic E-state index is 10.5. The Morgan fingerprint density at radius 3 is 1.76 bits per heavy atom. The number of unbranched alkanes of at least 4 members (excludes halogenated alkanes) is 9. The van der Waals surface area contributed by atoms with Gasteiger partial charge in [0.1, 0.15) is 0 Å². The van der Waals surface area contributed by atoms with Crippen LogP contribution >= 0.6 is 7.47 Å². The van der Waals surface area contributed by atoms with E-state index in [-0.39, 0.29) is 6.61 Å². The van der Waals surface area contributed by atoms with Crippen molar-refractivity contribution in [2.75, 3.05) is 6.61 Å². The first-order valence-electron chi connectivity index (χ1n) is 6.80. The molecule has 0 aromatic rings. The van der Waals surface area contributed by atoms with E-state index in [1.807, 2.05) is 0 Å². The van der Waals surface area contributed by atoms with Crippen molar-refractivity contribution < 1.29 is 14.0 Å². The molecule has 0 amide bonds. The quantitative estimate of drug-likeness (QED) is 0.306. The van der Waals surface area contributed by atoms with Gasteiger partial charge >= 0.3 is 0 Å². The summed E-state index contributed by atoms with van der Waals surface area (Å²) in [5, 5.41) is 0. The fourth-order valence-corrected chi connectivity index (χ4v) is 2.16. The molecule has 2 radical (unpaired) electrons. The minimum absolute atomic E-state index is 0.230. The summed E-state index contributed by atoms with van der Waals surface area (Å²) in [5.74, 6) is 0. The van der Waals surface area contributed by atoms with E-state index < -0.39 is 7.47 Å². The molecule has 5 heteroatoms. The van der Waals surface area contributed by atoms with Crippen molar-refractivity contribution >= 4 is 15.0 Å². The Morgan fingerprint density at radius 2 is 1.35 bits per heavy atom. The zero-order valence-electron chi connectivity index (χ0n) is 11.0. The van der Waals surface area contributed by atoms with Crippen molar-refractivity contribution in [2.45, 2.75) is 71.1 Å². The molecule has 0 aliphatic carbocycles. The second kappa shape index (κ2) is 11.3. The van der Waals surface area contributed by atoms with E-state index in [9.17, 15) is 9.46 Å². The number of hydrogen-bond acceptors (Lipinski definition) is 3. The Labute approximate surface area is 107 Å². The van der Waals surface area contributed by atoms with E-state index in [0.29, 0.717) is 0 Å². The molecule has 100 valence electrons. The van der Waals surface area contributed by atoms with Crippen LogP contribution < -0.4 is 4.89 Å². The zero-order chi connectivity index (χ0) is 13.0. The summed E-state index contributed by atoms with van der Waals surface area (Å²) >= 11 is 0. The van der Waals surface area contributed by atoms with Crippen LogP contribution in [0.1, 0.15) is 71.1 Å². The molecule has 1 unspecified atom stereocenters. The van der Waals surface area contributed by atoms with E-state index in [1.165, 1.54) is 44.9 Å². The van der Waals surface area contributed by atoms with Gasteiger partial charge < -0.3 is 14.0 Å². The molecule has 0 fully saturated rings. The Morgan fingerprint density at radius 1 is 0.941 bits per heavy atom. The van der Waals surface area contributed by atoms with Gasteiger partial charge in [-0.1, -0.05) is 64.7 Å². The van der Waals surface area contributed by atoms with Crippen LogP contribution in [-0.4, -0.2) is 14.2 Å². The fourth-order valence-electron chi connectivity index (χ4n) is 1.78. The van der Waals surface area contributed by atoms with Crippen LogP contribution in [0.25, 0.3) is 0 Å². The molecule has 0 saturated heterocycles. The van der Waals surface area contributed by atoms with Crippen LogP contribution in [0, 0.1) is 0 Å². The third-order valence-electron chi connectivity index (χ3n) is 2.77. The molecule has 0 saturated carbocycles. The smallest absolute Gasteiger partial charge is 0.181 e. The lowest BCUT2D eigenvalue weighted by Crippen LogP contribution is -2.04. The zero-order valence-corrected chi connectivity index (χ0v) is 11.9. The van der Waals surface area contributed by atoms with Gasteiger partial charge in [-0.05, 0) is 6.42 Å². The monoisotopic (exact) mass is 259 g/mol. The van der Waals surface area contributed by atoms with E-state index in [0.717, 1.165) is 19.3 Å². The van der Waals surface area contributed by atoms with Crippen molar-refractivity contribution in [2.24, 2.45) is 0 Å². The minimum Gasteiger partial charge on any atom is -0.787 e. The van der Waals surface area contributed by atoms with Gasteiger partial charge in [-0.15, -0.1) is 0 Å². The Hall–Kier alpha value is 0.215. The average Bonchev–Trinajstić information content (AvgIpc) is 2.24. The summed E-state index contributed by atoms with van der Waals surface area (Å²) in [6.45, 7) is 2.46. The van der Waals surface area contributed by atoms with Crippen LogP contribution in [0.3, 0.4) is 0 Å². The van der Waals surface area contributed by atoms with Crippen molar-refractivity contribution in [1.29, 1.82) is 0 Å². The van der Waals surface area contributed by atoms with Crippen LogP contribution in [0.2, 0.25) is 0 Å². The lowest BCUT2D eigenvalue weighted by atomic mass is 10.1. The second-order valence-electron chi connectivity index (χ2n) is 4.56. The third kappa shape index (κ3) is 16.2. The highest BCUT2D eigenvalue weighted by molar-refractivity contribution is 7.77. The molecule has 0 aromatic heterocycles. The summed E-state index contributed by atoms with van der Waals surface area (Å²) in [6, 6.07) is 0. The molecule has 17 heavy (non-hydrogen) atoms. The first-order valence-corrected chi connectivity index (χ1v) is 8.41. The predicted octanol–water partition coefficient (Wildman–Crippen LogP) is 3.56. The summed E-state index contributed by atoms with van der Waals surface area (Å²) in [7, 11) is 0.741. The maximum atomic E-state index is 10.5. The molecule has 3 nitrogen and oxygen atoms in total. The van der Waals surface area contributed by atoms with Gasteiger partial charge in [-0.25, -0.2) is 0 Å². The highest BCUT2D eigenvalue weighted by Gasteiger charge is 1.97. The first kappa shape index (κ1) is 17.2. The molecule has 0 aliphatic heterocycles. The van der Waals surface area contributed by atoms with Gasteiger partial charge in [0.2, 0.25) is 0 Å². The van der Waals surface area contributed by atoms with Crippen LogP contribution in [-0.2, 0) is 9.09 Å². The summed E-state index contributed by atoms with van der Waals surface area (Å²) in [4.78, 5) is 10.5. The standard InChI is InChI=1S/C12H26BO3P/c1-2-3-4-5-6-7-8-9-10-11-12-16-17(13,14)15/h2-12H2,1H3,(H,14,15)/p-1. The van der Waals surface area contributed by atoms with Gasteiger partial charge in [0, 0.05) is 0 Å². The van der Waals surface area contributed by atoms with E-state index in [1.54, 1.807) is 0 Å². The van der Waals surface area contributed by atoms with Crippen LogP contribution in [0.4, 0.5) is 0 Å². The van der Waals surface area contributed by atoms with Crippen molar-refractivity contribution in [3.05, 3.63) is 0 Å². The molecule has 0 spiro atoms. The highest BCUT2D eigenvalue weighted by Crippen LogP contribution is 2.29.